The molecule has 2 N–H and O–H groups in total. The minimum atomic E-state index is -0.979. The van der Waals surface area contributed by atoms with Gasteiger partial charge in [0.05, 0.1) is 11.6 Å². The van der Waals surface area contributed by atoms with E-state index in [2.05, 4.69) is 4.90 Å². The Morgan fingerprint density at radius 1 is 1.00 bits per heavy atom. The molecular formula is C27H28FNO4. The first-order chi connectivity index (χ1) is 16.0. The Kier molecular flexibility index (Phi) is 6.06. The second-order valence-corrected chi connectivity index (χ2v) is 8.87. The first kappa shape index (κ1) is 21.9. The standard InChI is InChI=1S/C27H28FNO4/c28-21-8-6-20(7-9-21)27(31)12-14-29(15-13-27)24-18-33-25-16-22(10-11-23(25)26(24)30)32-17-19-4-2-1-3-5-19/h1-11,16,24,26,30-31H,12-15,17-18H2/t24-,26+/m1/s1. The molecule has 3 aromatic carbocycles. The second-order valence-electron chi connectivity index (χ2n) is 8.87. The van der Waals surface area contributed by atoms with Gasteiger partial charge in [-0.15, -0.1) is 0 Å². The van der Waals surface area contributed by atoms with Crippen LogP contribution in [0, 0.1) is 5.82 Å². The predicted octanol–water partition coefficient (Wildman–Crippen LogP) is 4.18. The minimum absolute atomic E-state index is 0.189. The van der Waals surface area contributed by atoms with Crippen molar-refractivity contribution < 1.29 is 24.1 Å². The fourth-order valence-corrected chi connectivity index (χ4v) is 4.77. The number of aliphatic hydroxyl groups is 2. The normalized spacial score (nSPS) is 22.3. The van der Waals surface area contributed by atoms with E-state index >= 15 is 0 Å². The van der Waals surface area contributed by atoms with E-state index in [9.17, 15) is 14.6 Å². The van der Waals surface area contributed by atoms with Crippen LogP contribution in [-0.2, 0) is 12.2 Å². The average molecular weight is 450 g/mol. The Labute approximate surface area is 193 Å². The summed E-state index contributed by atoms with van der Waals surface area (Å²) >= 11 is 0. The molecule has 0 spiro atoms. The van der Waals surface area contributed by atoms with Gasteiger partial charge in [-0.05, 0) is 48.2 Å². The first-order valence-corrected chi connectivity index (χ1v) is 11.4. The molecule has 5 rings (SSSR count). The zero-order valence-electron chi connectivity index (χ0n) is 18.4. The lowest BCUT2D eigenvalue weighted by atomic mass is 9.83. The van der Waals surface area contributed by atoms with Crippen molar-refractivity contribution in [1.82, 2.24) is 4.90 Å². The van der Waals surface area contributed by atoms with Crippen molar-refractivity contribution in [2.75, 3.05) is 19.7 Å². The van der Waals surface area contributed by atoms with Crippen LogP contribution in [0.15, 0.2) is 72.8 Å². The third-order valence-corrected chi connectivity index (χ3v) is 6.80. The number of hydrogen-bond donors (Lipinski definition) is 2. The van der Waals surface area contributed by atoms with E-state index in [1.54, 1.807) is 12.1 Å². The van der Waals surface area contributed by atoms with Gasteiger partial charge in [-0.3, -0.25) is 4.90 Å². The summed E-state index contributed by atoms with van der Waals surface area (Å²) in [7, 11) is 0. The van der Waals surface area contributed by atoms with Crippen LogP contribution in [0.5, 0.6) is 11.5 Å². The van der Waals surface area contributed by atoms with Gasteiger partial charge in [-0.1, -0.05) is 42.5 Å². The number of benzene rings is 3. The molecule has 0 aliphatic carbocycles. The first-order valence-electron chi connectivity index (χ1n) is 11.4. The molecule has 2 aliphatic heterocycles. The number of halogens is 1. The summed E-state index contributed by atoms with van der Waals surface area (Å²) in [6.45, 7) is 2.07. The van der Waals surface area contributed by atoms with Crippen molar-refractivity contribution in [2.45, 2.75) is 37.2 Å². The minimum Gasteiger partial charge on any atom is -0.491 e. The monoisotopic (exact) mass is 449 g/mol. The van der Waals surface area contributed by atoms with Crippen molar-refractivity contribution in [1.29, 1.82) is 0 Å². The van der Waals surface area contributed by atoms with Crippen molar-refractivity contribution in [3.05, 3.63) is 95.3 Å². The molecule has 172 valence electrons. The summed E-state index contributed by atoms with van der Waals surface area (Å²) in [6.07, 6.45) is 0.344. The highest BCUT2D eigenvalue weighted by atomic mass is 19.1. The van der Waals surface area contributed by atoms with Gasteiger partial charge >= 0.3 is 0 Å². The number of piperidine rings is 1. The van der Waals surface area contributed by atoms with Gasteiger partial charge in [0.15, 0.2) is 0 Å². The van der Waals surface area contributed by atoms with Crippen molar-refractivity contribution in [2.24, 2.45) is 0 Å². The molecule has 5 nitrogen and oxygen atoms in total. The fraction of sp³-hybridized carbons (Fsp3) is 0.333. The van der Waals surface area contributed by atoms with Crippen LogP contribution in [0.4, 0.5) is 4.39 Å². The number of aliphatic hydroxyl groups excluding tert-OH is 1. The summed E-state index contributed by atoms with van der Waals surface area (Å²) in [5.41, 5.74) is 1.59. The summed E-state index contributed by atoms with van der Waals surface area (Å²) in [5.74, 6) is 1.03. The molecule has 0 saturated carbocycles. The number of rotatable bonds is 5. The van der Waals surface area contributed by atoms with Crippen LogP contribution in [0.25, 0.3) is 0 Å². The Balaban J connectivity index is 1.22. The van der Waals surface area contributed by atoms with Gasteiger partial charge in [0.25, 0.3) is 0 Å². The van der Waals surface area contributed by atoms with Crippen LogP contribution in [-0.4, -0.2) is 40.9 Å². The van der Waals surface area contributed by atoms with Crippen LogP contribution < -0.4 is 9.47 Å². The van der Waals surface area contributed by atoms with E-state index in [1.165, 1.54) is 12.1 Å². The third kappa shape index (κ3) is 4.60. The maximum Gasteiger partial charge on any atom is 0.128 e. The molecule has 1 fully saturated rings. The van der Waals surface area contributed by atoms with E-state index in [0.29, 0.717) is 50.6 Å². The van der Waals surface area contributed by atoms with Crippen LogP contribution >= 0.6 is 0 Å². The summed E-state index contributed by atoms with van der Waals surface area (Å²) in [4.78, 5) is 2.17. The molecule has 0 radical (unpaired) electrons. The Bertz CT molecular complexity index is 1080. The van der Waals surface area contributed by atoms with E-state index in [0.717, 1.165) is 16.7 Å². The van der Waals surface area contributed by atoms with Gasteiger partial charge in [-0.25, -0.2) is 4.39 Å². The van der Waals surface area contributed by atoms with E-state index < -0.39 is 11.7 Å². The number of likely N-dealkylation sites (tertiary alicyclic amines) is 1. The van der Waals surface area contributed by atoms with E-state index in [-0.39, 0.29) is 11.9 Å². The zero-order chi connectivity index (χ0) is 22.8. The molecule has 0 amide bonds. The van der Waals surface area contributed by atoms with Gasteiger partial charge in [0, 0.05) is 24.7 Å². The molecule has 33 heavy (non-hydrogen) atoms. The van der Waals surface area contributed by atoms with Gasteiger partial charge in [-0.2, -0.15) is 0 Å². The average Bonchev–Trinajstić information content (AvgIpc) is 2.85. The lowest BCUT2D eigenvalue weighted by Crippen LogP contribution is -2.52. The fourth-order valence-electron chi connectivity index (χ4n) is 4.77. The third-order valence-electron chi connectivity index (χ3n) is 6.80. The number of hydrogen-bond acceptors (Lipinski definition) is 5. The Hall–Kier alpha value is -2.93. The molecule has 0 aromatic heterocycles. The molecule has 0 bridgehead atoms. The van der Waals surface area contributed by atoms with E-state index in [1.807, 2.05) is 48.5 Å². The highest BCUT2D eigenvalue weighted by Crippen LogP contribution is 2.40. The highest BCUT2D eigenvalue weighted by molar-refractivity contribution is 5.44. The molecule has 1 saturated heterocycles. The van der Waals surface area contributed by atoms with Gasteiger partial charge < -0.3 is 19.7 Å². The molecule has 2 heterocycles. The van der Waals surface area contributed by atoms with Crippen molar-refractivity contribution in [3.8, 4) is 11.5 Å². The van der Waals surface area contributed by atoms with Crippen LogP contribution in [0.3, 0.4) is 0 Å². The molecule has 6 heteroatoms. The lowest BCUT2D eigenvalue weighted by molar-refractivity contribution is -0.0665. The number of ether oxygens (including phenoxy) is 2. The summed E-state index contributed by atoms with van der Waals surface area (Å²) in [6, 6.07) is 21.4. The maximum atomic E-state index is 13.3. The zero-order valence-corrected chi connectivity index (χ0v) is 18.4. The molecule has 2 aliphatic rings. The largest absolute Gasteiger partial charge is 0.491 e. The number of nitrogens with zero attached hydrogens (tertiary/aromatic N) is 1. The maximum absolute atomic E-state index is 13.3. The highest BCUT2D eigenvalue weighted by Gasteiger charge is 2.40. The number of fused-ring (bicyclic) bond motifs is 1. The molecule has 0 unspecified atom stereocenters. The Morgan fingerprint density at radius 3 is 2.45 bits per heavy atom. The van der Waals surface area contributed by atoms with E-state index in [4.69, 9.17) is 9.47 Å². The SMILES string of the molecule is O[C@H]1c2ccc(OCc3ccccc3)cc2OC[C@H]1N1CCC(O)(c2ccc(F)cc2)CC1. The van der Waals surface area contributed by atoms with Crippen LogP contribution in [0.1, 0.15) is 35.6 Å². The molecule has 2 atom stereocenters. The molecule has 3 aromatic rings. The van der Waals surface area contributed by atoms with Crippen LogP contribution in [0.2, 0.25) is 0 Å². The van der Waals surface area contributed by atoms with Gasteiger partial charge in [0.1, 0.15) is 36.6 Å². The predicted molar refractivity (Wildman–Crippen MR) is 123 cm³/mol. The Morgan fingerprint density at radius 2 is 1.73 bits per heavy atom. The smallest absolute Gasteiger partial charge is 0.128 e. The topological polar surface area (TPSA) is 62.2 Å². The summed E-state index contributed by atoms with van der Waals surface area (Å²) < 4.78 is 25.2. The van der Waals surface area contributed by atoms with Crippen molar-refractivity contribution in [3.63, 3.8) is 0 Å². The summed E-state index contributed by atoms with van der Waals surface area (Å²) in [5, 5.41) is 22.2. The second kappa shape index (κ2) is 9.14. The van der Waals surface area contributed by atoms with Crippen molar-refractivity contribution >= 4 is 0 Å². The molecular weight excluding hydrogens is 421 g/mol. The lowest BCUT2D eigenvalue weighted by Gasteiger charge is -2.44. The quantitative estimate of drug-likeness (QED) is 0.612. The van der Waals surface area contributed by atoms with Gasteiger partial charge in [0.2, 0.25) is 0 Å².